The molecule has 3 aliphatic carbocycles. The molecule has 1 heterocycles. The monoisotopic (exact) mass is 473 g/mol. The molecule has 0 bridgehead atoms. The number of rotatable bonds is 7. The van der Waals surface area contributed by atoms with Gasteiger partial charge in [0.1, 0.15) is 0 Å². The summed E-state index contributed by atoms with van der Waals surface area (Å²) in [7, 11) is 2.14. The summed E-state index contributed by atoms with van der Waals surface area (Å²) >= 11 is 0. The summed E-state index contributed by atoms with van der Waals surface area (Å²) < 4.78 is 6.35. The van der Waals surface area contributed by atoms with Crippen molar-refractivity contribution in [2.24, 2.45) is 17.8 Å². The van der Waals surface area contributed by atoms with Crippen LogP contribution in [-0.2, 0) is 9.53 Å². The van der Waals surface area contributed by atoms with Crippen LogP contribution in [0.2, 0.25) is 0 Å². The van der Waals surface area contributed by atoms with Crippen LogP contribution in [-0.4, -0.2) is 66.2 Å². The molecule has 4 fully saturated rings. The minimum Gasteiger partial charge on any atom is -0.372 e. The van der Waals surface area contributed by atoms with E-state index in [0.29, 0.717) is 30.8 Å². The molecule has 0 aromatic rings. The Kier molecular flexibility index (Phi) is 9.01. The van der Waals surface area contributed by atoms with Crippen LogP contribution < -0.4 is 5.32 Å². The number of ether oxygens (including phenoxy) is 1. The van der Waals surface area contributed by atoms with Gasteiger partial charge in [0.2, 0.25) is 5.91 Å². The van der Waals surface area contributed by atoms with Crippen molar-refractivity contribution in [3.8, 4) is 0 Å². The molecule has 0 aromatic heterocycles. The van der Waals surface area contributed by atoms with E-state index in [4.69, 9.17) is 4.74 Å². The lowest BCUT2D eigenvalue weighted by Gasteiger charge is -2.56. The van der Waals surface area contributed by atoms with Crippen molar-refractivity contribution < 1.29 is 9.53 Å². The summed E-state index contributed by atoms with van der Waals surface area (Å²) in [5, 5.41) is 3.58. The van der Waals surface area contributed by atoms with Gasteiger partial charge in [-0.2, -0.15) is 0 Å². The maximum atomic E-state index is 12.7. The summed E-state index contributed by atoms with van der Waals surface area (Å²) in [6, 6.07) is 1.63. The summed E-state index contributed by atoms with van der Waals surface area (Å²) in [6.07, 6.45) is 15.7. The van der Waals surface area contributed by atoms with Gasteiger partial charge in [-0.05, 0) is 83.1 Å². The molecule has 4 aliphatic rings. The van der Waals surface area contributed by atoms with Gasteiger partial charge in [0.15, 0.2) is 0 Å². The molecule has 0 radical (unpaired) electrons. The minimum atomic E-state index is 0.234. The average molecular weight is 474 g/mol. The predicted molar refractivity (Wildman–Crippen MR) is 140 cm³/mol. The van der Waals surface area contributed by atoms with Crippen molar-refractivity contribution in [1.82, 2.24) is 15.1 Å². The second-order valence-electron chi connectivity index (χ2n) is 11.9. The third-order valence-corrected chi connectivity index (χ3v) is 9.91. The molecule has 1 aliphatic heterocycles. The van der Waals surface area contributed by atoms with E-state index >= 15 is 0 Å². The molecule has 7 unspecified atom stereocenters. The van der Waals surface area contributed by atoms with Gasteiger partial charge in [0.05, 0.1) is 18.8 Å². The third kappa shape index (κ3) is 5.67. The number of carbonyl (C=O) groups excluding carboxylic acids is 1. The Labute approximate surface area is 209 Å². The van der Waals surface area contributed by atoms with Gasteiger partial charge >= 0.3 is 0 Å². The van der Waals surface area contributed by atoms with Gasteiger partial charge < -0.3 is 19.9 Å². The largest absolute Gasteiger partial charge is 0.372 e. The molecule has 0 spiro atoms. The fourth-order valence-corrected chi connectivity index (χ4v) is 8.08. The average Bonchev–Trinajstić information content (AvgIpc) is 2.86. The molecule has 0 aromatic carbocycles. The molecule has 4 rings (SSSR count). The summed E-state index contributed by atoms with van der Waals surface area (Å²) in [6.45, 7) is 12.4. The number of nitrogens with one attached hydrogen (secondary N) is 1. The molecular weight excluding hydrogens is 422 g/mol. The fraction of sp³-hybridized carbons (Fsp3) is 0.897. The van der Waals surface area contributed by atoms with Crippen LogP contribution in [0.25, 0.3) is 0 Å². The zero-order chi connectivity index (χ0) is 24.2. The van der Waals surface area contributed by atoms with Gasteiger partial charge in [-0.15, -0.1) is 0 Å². The van der Waals surface area contributed by atoms with Gasteiger partial charge in [-0.25, -0.2) is 0 Å². The number of amides is 1. The van der Waals surface area contributed by atoms with Crippen molar-refractivity contribution >= 4 is 5.91 Å². The molecule has 1 N–H and O–H groups in total. The highest BCUT2D eigenvalue weighted by atomic mass is 16.5. The first-order valence-corrected chi connectivity index (χ1v) is 14.4. The molecule has 34 heavy (non-hydrogen) atoms. The normalized spacial score (nSPS) is 37.4. The highest BCUT2D eigenvalue weighted by Crippen LogP contribution is 2.45. The summed E-state index contributed by atoms with van der Waals surface area (Å²) in [5.74, 6) is 2.64. The zero-order valence-electron chi connectivity index (χ0n) is 22.4. The van der Waals surface area contributed by atoms with Crippen molar-refractivity contribution in [2.45, 2.75) is 128 Å². The first-order chi connectivity index (χ1) is 16.4. The van der Waals surface area contributed by atoms with Crippen molar-refractivity contribution in [3.63, 3.8) is 0 Å². The highest BCUT2D eigenvalue weighted by molar-refractivity contribution is 5.74. The van der Waals surface area contributed by atoms with E-state index in [1.54, 1.807) is 6.92 Å². The summed E-state index contributed by atoms with van der Waals surface area (Å²) in [4.78, 5) is 17.4. The number of hydrogen-bond acceptors (Lipinski definition) is 4. The second kappa shape index (κ2) is 11.8. The standard InChI is InChI=1S/C29H51N3O2/c1-6-23-16-24(12-14-27(23)30-5)25-13-15-28-29(17-25)31(18-20(2)32(28)22(4)33)21(3)19-34-26-10-8-7-9-11-26/h20,23-30H,3,6-19H2,1-2,4-5H3. The number of carbonyl (C=O) groups is 1. The molecule has 194 valence electrons. The molecular formula is C29H51N3O2. The summed E-state index contributed by atoms with van der Waals surface area (Å²) in [5.41, 5.74) is 1.14. The van der Waals surface area contributed by atoms with E-state index in [-0.39, 0.29) is 11.9 Å². The maximum absolute atomic E-state index is 12.7. The maximum Gasteiger partial charge on any atom is 0.220 e. The smallest absolute Gasteiger partial charge is 0.220 e. The quantitative estimate of drug-likeness (QED) is 0.541. The molecule has 3 saturated carbocycles. The minimum absolute atomic E-state index is 0.234. The van der Waals surface area contributed by atoms with E-state index in [2.05, 4.69) is 42.6 Å². The van der Waals surface area contributed by atoms with Gasteiger partial charge in [-0.1, -0.05) is 39.2 Å². The Morgan fingerprint density at radius 2 is 1.71 bits per heavy atom. The lowest BCUT2D eigenvalue weighted by molar-refractivity contribution is -0.142. The predicted octanol–water partition coefficient (Wildman–Crippen LogP) is 5.35. The van der Waals surface area contributed by atoms with Gasteiger partial charge in [0, 0.05) is 37.3 Å². The lowest BCUT2D eigenvalue weighted by Crippen LogP contribution is -2.65. The first kappa shape index (κ1) is 26.0. The number of hydrogen-bond donors (Lipinski definition) is 1. The molecule has 1 amide bonds. The van der Waals surface area contributed by atoms with Crippen LogP contribution in [0.1, 0.15) is 97.8 Å². The Bertz CT molecular complexity index is 691. The van der Waals surface area contributed by atoms with E-state index in [9.17, 15) is 4.79 Å². The Morgan fingerprint density at radius 1 is 1.00 bits per heavy atom. The van der Waals surface area contributed by atoms with Crippen LogP contribution in [0.15, 0.2) is 12.3 Å². The van der Waals surface area contributed by atoms with E-state index < -0.39 is 0 Å². The van der Waals surface area contributed by atoms with Gasteiger partial charge in [-0.3, -0.25) is 4.79 Å². The van der Waals surface area contributed by atoms with Crippen molar-refractivity contribution in [1.29, 1.82) is 0 Å². The van der Waals surface area contributed by atoms with Crippen LogP contribution in [0.5, 0.6) is 0 Å². The van der Waals surface area contributed by atoms with Crippen LogP contribution in [0.3, 0.4) is 0 Å². The van der Waals surface area contributed by atoms with Crippen molar-refractivity contribution in [3.05, 3.63) is 12.3 Å². The Hall–Kier alpha value is -1.07. The number of fused-ring (bicyclic) bond motifs is 1. The lowest BCUT2D eigenvalue weighted by atomic mass is 9.66. The molecule has 1 saturated heterocycles. The zero-order valence-corrected chi connectivity index (χ0v) is 22.4. The number of nitrogens with zero attached hydrogens (tertiary/aromatic N) is 2. The molecule has 7 atom stereocenters. The van der Waals surface area contributed by atoms with Crippen LogP contribution in [0.4, 0.5) is 0 Å². The molecule has 5 heteroatoms. The Morgan fingerprint density at radius 3 is 2.38 bits per heavy atom. The van der Waals surface area contributed by atoms with Crippen molar-refractivity contribution in [2.75, 3.05) is 20.2 Å². The van der Waals surface area contributed by atoms with Crippen LogP contribution >= 0.6 is 0 Å². The highest BCUT2D eigenvalue weighted by Gasteiger charge is 2.47. The van der Waals surface area contributed by atoms with E-state index in [1.807, 2.05) is 0 Å². The fourth-order valence-electron chi connectivity index (χ4n) is 8.08. The first-order valence-electron chi connectivity index (χ1n) is 14.4. The van der Waals surface area contributed by atoms with Crippen LogP contribution in [0, 0.1) is 17.8 Å². The Balaban J connectivity index is 1.45. The second-order valence-corrected chi connectivity index (χ2v) is 11.9. The van der Waals surface area contributed by atoms with E-state index in [1.165, 1.54) is 70.6 Å². The van der Waals surface area contributed by atoms with E-state index in [0.717, 1.165) is 36.4 Å². The molecule has 5 nitrogen and oxygen atoms in total. The SMILES string of the molecule is C=C(COC1CCCCC1)N1CC(C)N(C(C)=O)C2CCC(C3CCC(NC)C(CC)C3)CC21. The topological polar surface area (TPSA) is 44.8 Å². The number of piperazine rings is 1. The third-order valence-electron chi connectivity index (χ3n) is 9.91. The van der Waals surface area contributed by atoms with Gasteiger partial charge in [0.25, 0.3) is 0 Å².